The first kappa shape index (κ1) is 10.1. The average molecular weight is 242 g/mol. The number of thiophene rings is 1. The largest absolute Gasteiger partial charge is 0.368 e. The number of nitrogen functional groups attached to an aromatic ring is 1. The topological polar surface area (TPSA) is 76.7 Å². The Morgan fingerprint density at radius 1 is 1.40 bits per heavy atom. The number of anilines is 2. The van der Waals surface area contributed by atoms with E-state index >= 15 is 0 Å². The fourth-order valence-corrected chi connectivity index (χ4v) is 1.84. The zero-order valence-electron chi connectivity index (χ0n) is 7.64. The van der Waals surface area contributed by atoms with Gasteiger partial charge in [-0.2, -0.15) is 15.0 Å². The van der Waals surface area contributed by atoms with Gasteiger partial charge in [-0.3, -0.25) is 0 Å². The molecule has 15 heavy (non-hydrogen) atoms. The van der Waals surface area contributed by atoms with Crippen LogP contribution in [0.3, 0.4) is 0 Å². The molecule has 0 fully saturated rings. The van der Waals surface area contributed by atoms with Crippen LogP contribution < -0.4 is 11.1 Å². The minimum atomic E-state index is 0.0937. The molecule has 3 N–H and O–H groups in total. The molecule has 2 aromatic heterocycles. The summed E-state index contributed by atoms with van der Waals surface area (Å²) in [5, 5.41) is 5.11. The lowest BCUT2D eigenvalue weighted by Gasteiger charge is -2.03. The minimum Gasteiger partial charge on any atom is -0.368 e. The lowest BCUT2D eigenvalue weighted by atomic mass is 10.5. The van der Waals surface area contributed by atoms with E-state index in [4.69, 9.17) is 17.3 Å². The van der Waals surface area contributed by atoms with E-state index in [1.165, 1.54) is 4.88 Å². The third kappa shape index (κ3) is 2.77. The Morgan fingerprint density at radius 3 is 2.93 bits per heavy atom. The number of hydrogen-bond donors (Lipinski definition) is 2. The van der Waals surface area contributed by atoms with Crippen LogP contribution in [0.4, 0.5) is 11.9 Å². The summed E-state index contributed by atoms with van der Waals surface area (Å²) in [6.45, 7) is 0.650. The van der Waals surface area contributed by atoms with Crippen molar-refractivity contribution in [2.45, 2.75) is 6.54 Å². The Morgan fingerprint density at radius 2 is 2.27 bits per heavy atom. The van der Waals surface area contributed by atoms with Gasteiger partial charge in [0, 0.05) is 4.88 Å². The molecule has 0 saturated heterocycles. The molecule has 2 heterocycles. The molecule has 0 saturated carbocycles. The van der Waals surface area contributed by atoms with Gasteiger partial charge in [0.2, 0.25) is 17.2 Å². The van der Waals surface area contributed by atoms with Gasteiger partial charge in [-0.05, 0) is 23.0 Å². The van der Waals surface area contributed by atoms with Crippen molar-refractivity contribution in [2.24, 2.45) is 0 Å². The zero-order chi connectivity index (χ0) is 10.7. The molecular formula is C8H8ClN5S. The number of nitrogens with zero attached hydrogens (tertiary/aromatic N) is 3. The van der Waals surface area contributed by atoms with Crippen molar-refractivity contribution in [2.75, 3.05) is 11.1 Å². The van der Waals surface area contributed by atoms with Crippen molar-refractivity contribution in [1.29, 1.82) is 0 Å². The van der Waals surface area contributed by atoms with Crippen molar-refractivity contribution in [1.82, 2.24) is 15.0 Å². The Hall–Kier alpha value is -1.40. The van der Waals surface area contributed by atoms with E-state index in [-0.39, 0.29) is 11.2 Å². The van der Waals surface area contributed by atoms with Crippen LogP contribution in [0.1, 0.15) is 4.88 Å². The first-order chi connectivity index (χ1) is 7.24. The van der Waals surface area contributed by atoms with E-state index in [1.807, 2.05) is 17.5 Å². The van der Waals surface area contributed by atoms with Crippen LogP contribution in [0, 0.1) is 0 Å². The van der Waals surface area contributed by atoms with Gasteiger partial charge in [-0.15, -0.1) is 11.3 Å². The fourth-order valence-electron chi connectivity index (χ4n) is 1.02. The zero-order valence-corrected chi connectivity index (χ0v) is 9.22. The summed E-state index contributed by atoms with van der Waals surface area (Å²) in [4.78, 5) is 12.6. The molecule has 2 rings (SSSR count). The third-order valence-corrected chi connectivity index (χ3v) is 2.67. The Kier molecular flexibility index (Phi) is 2.98. The van der Waals surface area contributed by atoms with E-state index in [9.17, 15) is 0 Å². The molecule has 0 spiro atoms. The maximum atomic E-state index is 5.63. The highest BCUT2D eigenvalue weighted by atomic mass is 35.5. The molecule has 0 aliphatic heterocycles. The highest BCUT2D eigenvalue weighted by Crippen LogP contribution is 2.11. The predicted octanol–water partition coefficient (Wildman–Crippen LogP) is 1.78. The van der Waals surface area contributed by atoms with Gasteiger partial charge in [-0.1, -0.05) is 6.07 Å². The Bertz CT molecular complexity index is 424. The molecule has 0 aromatic carbocycles. The highest BCUT2D eigenvalue weighted by Gasteiger charge is 2.01. The van der Waals surface area contributed by atoms with Gasteiger partial charge in [0.25, 0.3) is 0 Å². The molecule has 7 heteroatoms. The number of rotatable bonds is 3. The van der Waals surface area contributed by atoms with Gasteiger partial charge >= 0.3 is 0 Å². The van der Waals surface area contributed by atoms with E-state index in [0.29, 0.717) is 12.5 Å². The van der Waals surface area contributed by atoms with E-state index in [0.717, 1.165) is 0 Å². The number of aromatic nitrogens is 3. The fraction of sp³-hybridized carbons (Fsp3) is 0.125. The monoisotopic (exact) mass is 241 g/mol. The van der Waals surface area contributed by atoms with Crippen LogP contribution in [0.15, 0.2) is 17.5 Å². The first-order valence-electron chi connectivity index (χ1n) is 4.17. The van der Waals surface area contributed by atoms with Crippen LogP contribution in [-0.4, -0.2) is 15.0 Å². The van der Waals surface area contributed by atoms with Gasteiger partial charge in [0.1, 0.15) is 0 Å². The molecule has 0 unspecified atom stereocenters. The van der Waals surface area contributed by atoms with Crippen LogP contribution in [-0.2, 0) is 6.54 Å². The van der Waals surface area contributed by atoms with Crippen molar-refractivity contribution in [3.63, 3.8) is 0 Å². The van der Waals surface area contributed by atoms with E-state index < -0.39 is 0 Å². The summed E-state index contributed by atoms with van der Waals surface area (Å²) < 4.78 is 0. The molecule has 0 amide bonds. The summed E-state index contributed by atoms with van der Waals surface area (Å²) in [5.41, 5.74) is 5.42. The van der Waals surface area contributed by atoms with Gasteiger partial charge < -0.3 is 11.1 Å². The molecule has 0 aliphatic rings. The van der Waals surface area contributed by atoms with Crippen molar-refractivity contribution in [3.8, 4) is 0 Å². The van der Waals surface area contributed by atoms with Gasteiger partial charge in [0.05, 0.1) is 6.54 Å². The molecule has 0 aliphatic carbocycles. The molecule has 0 bridgehead atoms. The second kappa shape index (κ2) is 4.41. The van der Waals surface area contributed by atoms with Crippen molar-refractivity contribution < 1.29 is 0 Å². The molecule has 78 valence electrons. The minimum absolute atomic E-state index is 0.0937. The number of nitrogens with two attached hydrogens (primary N) is 1. The highest BCUT2D eigenvalue weighted by molar-refractivity contribution is 7.09. The van der Waals surface area contributed by atoms with Gasteiger partial charge in [0.15, 0.2) is 0 Å². The maximum Gasteiger partial charge on any atom is 0.229 e. The molecule has 2 aromatic rings. The summed E-state index contributed by atoms with van der Waals surface area (Å²) in [6, 6.07) is 4.00. The smallest absolute Gasteiger partial charge is 0.229 e. The average Bonchev–Trinajstić information content (AvgIpc) is 2.65. The van der Waals surface area contributed by atoms with E-state index in [2.05, 4.69) is 20.3 Å². The van der Waals surface area contributed by atoms with Crippen LogP contribution in [0.5, 0.6) is 0 Å². The molecule has 0 radical (unpaired) electrons. The number of hydrogen-bond acceptors (Lipinski definition) is 6. The Labute approximate surface area is 95.3 Å². The quantitative estimate of drug-likeness (QED) is 0.857. The summed E-state index contributed by atoms with van der Waals surface area (Å²) in [6.07, 6.45) is 0. The van der Waals surface area contributed by atoms with E-state index in [1.54, 1.807) is 11.3 Å². The first-order valence-corrected chi connectivity index (χ1v) is 5.43. The van der Waals surface area contributed by atoms with Crippen LogP contribution in [0.2, 0.25) is 5.28 Å². The third-order valence-electron chi connectivity index (χ3n) is 1.63. The maximum absolute atomic E-state index is 5.63. The summed E-state index contributed by atoms with van der Waals surface area (Å²) in [5.74, 6) is 0.504. The Balaban J connectivity index is 2.05. The lowest BCUT2D eigenvalue weighted by molar-refractivity contribution is 1.02. The SMILES string of the molecule is Nc1nc(Cl)nc(NCc2cccs2)n1. The van der Waals surface area contributed by atoms with Crippen LogP contribution in [0.25, 0.3) is 0 Å². The second-order valence-corrected chi connectivity index (χ2v) is 4.09. The van der Waals surface area contributed by atoms with Crippen molar-refractivity contribution >= 4 is 34.8 Å². The molecule has 0 atom stereocenters. The predicted molar refractivity (Wildman–Crippen MR) is 60.9 cm³/mol. The molecular weight excluding hydrogens is 234 g/mol. The standard InChI is InChI=1S/C8H8ClN5S/c9-6-12-7(10)14-8(13-6)11-4-5-2-1-3-15-5/h1-3H,4H2,(H3,10,11,12,13,14). The lowest BCUT2D eigenvalue weighted by Crippen LogP contribution is -2.06. The van der Waals surface area contributed by atoms with Crippen molar-refractivity contribution in [3.05, 3.63) is 27.7 Å². The van der Waals surface area contributed by atoms with Gasteiger partial charge in [-0.25, -0.2) is 0 Å². The summed E-state index contributed by atoms with van der Waals surface area (Å²) >= 11 is 7.28. The van der Waals surface area contributed by atoms with Crippen LogP contribution >= 0.6 is 22.9 Å². The normalized spacial score (nSPS) is 10.2. The number of halogens is 1. The molecule has 5 nitrogen and oxygen atoms in total. The summed E-state index contributed by atoms with van der Waals surface area (Å²) in [7, 11) is 0. The number of nitrogens with one attached hydrogen (secondary N) is 1. The second-order valence-electron chi connectivity index (χ2n) is 2.72.